The average Bonchev–Trinajstić information content (AvgIpc) is 2.62. The highest BCUT2D eigenvalue weighted by atomic mass is 32.2. The molecule has 24 heavy (non-hydrogen) atoms. The molecule has 1 heterocycles. The van der Waals surface area contributed by atoms with Crippen molar-refractivity contribution in [1.82, 2.24) is 0 Å². The number of unbranched alkanes of at least 4 members (excludes halogenated alkanes) is 1. The van der Waals surface area contributed by atoms with Crippen LogP contribution >= 0.6 is 11.8 Å². The first-order chi connectivity index (χ1) is 11.7. The van der Waals surface area contributed by atoms with Crippen molar-refractivity contribution in [3.8, 4) is 5.75 Å². The van der Waals surface area contributed by atoms with Crippen molar-refractivity contribution in [2.75, 3.05) is 24.3 Å². The lowest BCUT2D eigenvalue weighted by molar-refractivity contribution is -0.118. The van der Waals surface area contributed by atoms with E-state index in [1.807, 2.05) is 37.0 Å². The van der Waals surface area contributed by atoms with Crippen LogP contribution in [0.2, 0.25) is 0 Å². The van der Waals surface area contributed by atoms with E-state index in [-0.39, 0.29) is 5.91 Å². The fourth-order valence-corrected chi connectivity index (χ4v) is 3.76. The number of ether oxygens (including phenoxy) is 1. The molecule has 0 fully saturated rings. The van der Waals surface area contributed by atoms with E-state index in [1.54, 1.807) is 4.90 Å². The molecule has 0 aromatic heterocycles. The number of hydrogen-bond acceptors (Lipinski definition) is 3. The van der Waals surface area contributed by atoms with Crippen LogP contribution in [0.25, 0.3) is 0 Å². The van der Waals surface area contributed by atoms with Crippen LogP contribution in [0.3, 0.4) is 0 Å². The minimum atomic E-state index is 0.187. The zero-order valence-electron chi connectivity index (χ0n) is 14.0. The summed E-state index contributed by atoms with van der Waals surface area (Å²) in [6, 6.07) is 16.5. The maximum Gasteiger partial charge on any atom is 0.227 e. The molecule has 4 heteroatoms. The van der Waals surface area contributed by atoms with Gasteiger partial charge in [0, 0.05) is 24.1 Å². The largest absolute Gasteiger partial charge is 0.494 e. The molecule has 3 nitrogen and oxygen atoms in total. The fraction of sp³-hybridized carbons (Fsp3) is 0.350. The number of amides is 1. The molecule has 1 aliphatic heterocycles. The Morgan fingerprint density at radius 2 is 1.92 bits per heavy atom. The van der Waals surface area contributed by atoms with E-state index in [2.05, 4.69) is 30.3 Å². The van der Waals surface area contributed by atoms with Crippen molar-refractivity contribution in [2.45, 2.75) is 30.6 Å². The molecule has 0 saturated heterocycles. The van der Waals surface area contributed by atoms with Crippen LogP contribution in [0.4, 0.5) is 5.69 Å². The van der Waals surface area contributed by atoms with Crippen LogP contribution in [0.15, 0.2) is 53.4 Å². The Bertz CT molecular complexity index is 687. The molecule has 0 bridgehead atoms. The minimum absolute atomic E-state index is 0.187. The topological polar surface area (TPSA) is 29.5 Å². The van der Waals surface area contributed by atoms with Crippen molar-refractivity contribution in [3.05, 3.63) is 54.1 Å². The van der Waals surface area contributed by atoms with E-state index in [9.17, 15) is 4.79 Å². The monoisotopic (exact) mass is 341 g/mol. The third kappa shape index (κ3) is 4.32. The minimum Gasteiger partial charge on any atom is -0.494 e. The van der Waals surface area contributed by atoms with E-state index in [4.69, 9.17) is 4.74 Å². The molecular weight excluding hydrogens is 318 g/mol. The quantitative estimate of drug-likeness (QED) is 0.547. The van der Waals surface area contributed by atoms with E-state index < -0.39 is 0 Å². The number of fused-ring (bicyclic) bond motifs is 1. The zero-order chi connectivity index (χ0) is 16.8. The van der Waals surface area contributed by atoms with Crippen molar-refractivity contribution in [2.24, 2.45) is 0 Å². The van der Waals surface area contributed by atoms with Crippen molar-refractivity contribution < 1.29 is 9.53 Å². The van der Waals surface area contributed by atoms with Gasteiger partial charge in [-0.25, -0.2) is 0 Å². The second kappa shape index (κ2) is 8.25. The Labute approximate surface area is 148 Å². The highest BCUT2D eigenvalue weighted by Crippen LogP contribution is 2.30. The molecule has 0 radical (unpaired) electrons. The Hall–Kier alpha value is -1.94. The number of carbonyl (C=O) groups is 1. The Morgan fingerprint density at radius 1 is 1.08 bits per heavy atom. The summed E-state index contributed by atoms with van der Waals surface area (Å²) in [6.07, 6.45) is 3.59. The average molecular weight is 341 g/mol. The van der Waals surface area contributed by atoms with Gasteiger partial charge in [0.2, 0.25) is 5.91 Å². The number of rotatable bonds is 7. The summed E-state index contributed by atoms with van der Waals surface area (Å²) in [5.74, 6) is 2.21. The molecule has 1 amide bonds. The molecule has 0 unspecified atom stereocenters. The van der Waals surface area contributed by atoms with Crippen LogP contribution in [0.1, 0.15) is 24.8 Å². The number of carbonyl (C=O) groups excluding carboxylic acids is 1. The lowest BCUT2D eigenvalue weighted by Crippen LogP contribution is -2.30. The van der Waals surface area contributed by atoms with Gasteiger partial charge in [-0.15, -0.1) is 11.8 Å². The van der Waals surface area contributed by atoms with Crippen LogP contribution in [-0.2, 0) is 11.2 Å². The summed E-state index contributed by atoms with van der Waals surface area (Å²) in [4.78, 5) is 14.8. The van der Waals surface area contributed by atoms with Gasteiger partial charge < -0.3 is 9.64 Å². The summed E-state index contributed by atoms with van der Waals surface area (Å²) in [5, 5.41) is 0. The van der Waals surface area contributed by atoms with Crippen LogP contribution in [-0.4, -0.2) is 25.3 Å². The highest BCUT2D eigenvalue weighted by Gasteiger charge is 2.20. The van der Waals surface area contributed by atoms with Crippen molar-refractivity contribution >= 4 is 23.4 Å². The fourth-order valence-electron chi connectivity index (χ4n) is 2.82. The summed E-state index contributed by atoms with van der Waals surface area (Å²) < 4.78 is 5.87. The van der Waals surface area contributed by atoms with Gasteiger partial charge in [0.25, 0.3) is 0 Å². The number of nitrogens with zero attached hydrogens (tertiary/aromatic N) is 1. The van der Waals surface area contributed by atoms with Gasteiger partial charge in [0.15, 0.2) is 0 Å². The molecule has 126 valence electrons. The Kier molecular flexibility index (Phi) is 5.81. The number of benzene rings is 2. The SMILES string of the molecule is CN1C(=O)CCc2cc(OCCCCSc3ccccc3)ccc21. The van der Waals surface area contributed by atoms with Crippen LogP contribution < -0.4 is 9.64 Å². The predicted octanol–water partition coefficient (Wildman–Crippen LogP) is 4.55. The van der Waals surface area contributed by atoms with Crippen molar-refractivity contribution in [1.29, 1.82) is 0 Å². The third-order valence-electron chi connectivity index (χ3n) is 4.21. The summed E-state index contributed by atoms with van der Waals surface area (Å²) in [5.41, 5.74) is 2.21. The van der Waals surface area contributed by atoms with E-state index in [1.165, 1.54) is 10.5 Å². The number of hydrogen-bond donors (Lipinski definition) is 0. The number of anilines is 1. The van der Waals surface area contributed by atoms with Gasteiger partial charge in [-0.05, 0) is 60.9 Å². The van der Waals surface area contributed by atoms with Gasteiger partial charge in [-0.2, -0.15) is 0 Å². The van der Waals surface area contributed by atoms with Gasteiger partial charge in [-0.3, -0.25) is 4.79 Å². The molecule has 0 saturated carbocycles. The van der Waals surface area contributed by atoms with Gasteiger partial charge >= 0.3 is 0 Å². The molecule has 2 aromatic carbocycles. The second-order valence-electron chi connectivity index (χ2n) is 5.96. The lowest BCUT2D eigenvalue weighted by Gasteiger charge is -2.26. The molecule has 1 aliphatic rings. The smallest absolute Gasteiger partial charge is 0.227 e. The van der Waals surface area contributed by atoms with E-state index in [0.717, 1.165) is 43.1 Å². The molecule has 0 aliphatic carbocycles. The van der Waals surface area contributed by atoms with E-state index >= 15 is 0 Å². The highest BCUT2D eigenvalue weighted by molar-refractivity contribution is 7.99. The predicted molar refractivity (Wildman–Crippen MR) is 100 cm³/mol. The number of thioether (sulfide) groups is 1. The summed E-state index contributed by atoms with van der Waals surface area (Å²) >= 11 is 1.89. The van der Waals surface area contributed by atoms with Crippen molar-refractivity contribution in [3.63, 3.8) is 0 Å². The molecule has 0 atom stereocenters. The van der Waals surface area contributed by atoms with Gasteiger partial charge in [0.1, 0.15) is 5.75 Å². The maximum atomic E-state index is 11.7. The standard InChI is InChI=1S/C20H23NO2S/c1-21-19-11-10-17(15-16(19)9-12-20(21)22)23-13-5-6-14-24-18-7-3-2-4-8-18/h2-4,7-8,10-11,15H,5-6,9,12-14H2,1H3. The molecule has 2 aromatic rings. The normalized spacial score (nSPS) is 13.7. The maximum absolute atomic E-state index is 11.7. The van der Waals surface area contributed by atoms with Gasteiger partial charge in [0.05, 0.1) is 6.61 Å². The lowest BCUT2D eigenvalue weighted by atomic mass is 10.0. The number of aryl methyl sites for hydroxylation is 1. The Balaban J connectivity index is 1.40. The molecular formula is C20H23NO2S. The first-order valence-corrected chi connectivity index (χ1v) is 9.43. The molecule has 0 N–H and O–H groups in total. The van der Waals surface area contributed by atoms with Crippen LogP contribution in [0.5, 0.6) is 5.75 Å². The van der Waals surface area contributed by atoms with Gasteiger partial charge in [-0.1, -0.05) is 18.2 Å². The zero-order valence-corrected chi connectivity index (χ0v) is 14.8. The summed E-state index contributed by atoms with van der Waals surface area (Å²) in [7, 11) is 1.84. The third-order valence-corrected chi connectivity index (χ3v) is 5.31. The first-order valence-electron chi connectivity index (χ1n) is 8.44. The Morgan fingerprint density at radius 3 is 2.75 bits per heavy atom. The van der Waals surface area contributed by atoms with Crippen LogP contribution in [0, 0.1) is 0 Å². The second-order valence-corrected chi connectivity index (χ2v) is 7.13. The first kappa shape index (κ1) is 16.9. The molecule has 0 spiro atoms. The van der Waals surface area contributed by atoms with E-state index in [0.29, 0.717) is 6.42 Å². The molecule has 3 rings (SSSR count). The summed E-state index contributed by atoms with van der Waals surface area (Å²) in [6.45, 7) is 0.739.